The van der Waals surface area contributed by atoms with Gasteiger partial charge >= 0.3 is 0 Å². The third-order valence-electron chi connectivity index (χ3n) is 4.01. The van der Waals surface area contributed by atoms with Crippen LogP contribution in [0.1, 0.15) is 54.1 Å². The van der Waals surface area contributed by atoms with Gasteiger partial charge in [0.15, 0.2) is 5.78 Å². The van der Waals surface area contributed by atoms with E-state index in [9.17, 15) is 9.00 Å². The predicted octanol–water partition coefficient (Wildman–Crippen LogP) is 3.57. The van der Waals surface area contributed by atoms with Crippen LogP contribution in [0.4, 0.5) is 0 Å². The summed E-state index contributed by atoms with van der Waals surface area (Å²) in [5.74, 6) is 0.0337. The molecule has 0 saturated heterocycles. The minimum absolute atomic E-state index is 0.0337. The highest BCUT2D eigenvalue weighted by Gasteiger charge is 2.30. The van der Waals surface area contributed by atoms with E-state index in [1.807, 2.05) is 39.0 Å². The quantitative estimate of drug-likeness (QED) is 0.789. The summed E-state index contributed by atoms with van der Waals surface area (Å²) in [6.45, 7) is 5.74. The maximum atomic E-state index is 12.5. The summed E-state index contributed by atoms with van der Waals surface area (Å²) < 4.78 is 12.4. The first-order valence-corrected chi connectivity index (χ1v) is 8.29. The summed E-state index contributed by atoms with van der Waals surface area (Å²) in [6, 6.07) is 5.89. The number of hydrogen-bond donors (Lipinski definition) is 0. The van der Waals surface area contributed by atoms with E-state index >= 15 is 0 Å². The van der Waals surface area contributed by atoms with E-state index in [1.165, 1.54) is 0 Å². The second-order valence-corrected chi connectivity index (χ2v) is 7.59. The molecule has 0 N–H and O–H groups in total. The highest BCUT2D eigenvalue weighted by atomic mass is 32.2. The van der Waals surface area contributed by atoms with Gasteiger partial charge in [-0.2, -0.15) is 0 Å². The zero-order chi connectivity index (χ0) is 14.0. The Balaban J connectivity index is 2.18. The van der Waals surface area contributed by atoms with Crippen LogP contribution in [-0.2, 0) is 10.8 Å². The normalized spacial score (nSPS) is 19.3. The molecule has 3 heteroatoms. The van der Waals surface area contributed by atoms with Crippen molar-refractivity contribution in [2.24, 2.45) is 0 Å². The predicted molar refractivity (Wildman–Crippen MR) is 80.1 cm³/mol. The number of carbonyl (C=O) groups is 1. The molecule has 2 unspecified atom stereocenters. The number of benzene rings is 1. The van der Waals surface area contributed by atoms with Crippen molar-refractivity contribution in [3.63, 3.8) is 0 Å². The monoisotopic (exact) mass is 278 g/mol. The van der Waals surface area contributed by atoms with Crippen LogP contribution in [0.3, 0.4) is 0 Å². The molecule has 1 aromatic rings. The van der Waals surface area contributed by atoms with Crippen LogP contribution < -0.4 is 0 Å². The molecular formula is C16H22O2S. The van der Waals surface area contributed by atoms with Crippen molar-refractivity contribution >= 4 is 16.6 Å². The van der Waals surface area contributed by atoms with E-state index in [4.69, 9.17) is 0 Å². The zero-order valence-corrected chi connectivity index (χ0v) is 12.8. The highest BCUT2D eigenvalue weighted by molar-refractivity contribution is 7.87. The van der Waals surface area contributed by atoms with Gasteiger partial charge in [-0.1, -0.05) is 30.5 Å². The van der Waals surface area contributed by atoms with Gasteiger partial charge in [0.2, 0.25) is 0 Å². The summed E-state index contributed by atoms with van der Waals surface area (Å²) in [5, 5.41) is -0.160. The fraction of sp³-hybridized carbons (Fsp3) is 0.562. The van der Waals surface area contributed by atoms with Crippen LogP contribution in [0.5, 0.6) is 0 Å². The number of Topliss-reactive ketones (excluding diaryl/α,β-unsaturated/α-hetero) is 1. The molecule has 104 valence electrons. The van der Waals surface area contributed by atoms with Gasteiger partial charge in [-0.15, -0.1) is 0 Å². The first kappa shape index (κ1) is 14.4. The summed E-state index contributed by atoms with van der Waals surface area (Å²) in [7, 11) is -1.04. The Morgan fingerprint density at radius 1 is 1.26 bits per heavy atom. The number of ketones is 1. The average molecular weight is 278 g/mol. The lowest BCUT2D eigenvalue weighted by Crippen LogP contribution is -2.29. The Labute approximate surface area is 118 Å². The van der Waals surface area contributed by atoms with Gasteiger partial charge < -0.3 is 0 Å². The van der Waals surface area contributed by atoms with Crippen LogP contribution in [0.25, 0.3) is 0 Å². The smallest absolute Gasteiger partial charge is 0.178 e. The molecule has 1 aliphatic rings. The van der Waals surface area contributed by atoms with Gasteiger partial charge in [0, 0.05) is 21.6 Å². The van der Waals surface area contributed by atoms with Crippen molar-refractivity contribution in [2.75, 3.05) is 0 Å². The third-order valence-corrected chi connectivity index (χ3v) is 6.05. The fourth-order valence-corrected chi connectivity index (χ4v) is 4.45. The van der Waals surface area contributed by atoms with Crippen LogP contribution in [0.15, 0.2) is 18.2 Å². The molecule has 2 atom stereocenters. The zero-order valence-electron chi connectivity index (χ0n) is 11.9. The van der Waals surface area contributed by atoms with Crippen molar-refractivity contribution in [3.05, 3.63) is 34.9 Å². The molecule has 0 spiro atoms. The van der Waals surface area contributed by atoms with E-state index in [1.54, 1.807) is 0 Å². The number of aryl methyl sites for hydroxylation is 2. The first-order chi connectivity index (χ1) is 9.00. The minimum Gasteiger partial charge on any atom is -0.293 e. The second kappa shape index (κ2) is 6.00. The van der Waals surface area contributed by atoms with Gasteiger partial charge in [-0.05, 0) is 45.2 Å². The van der Waals surface area contributed by atoms with Crippen LogP contribution in [-0.4, -0.2) is 20.5 Å². The molecule has 0 aliphatic heterocycles. The molecule has 0 radical (unpaired) electrons. The summed E-state index contributed by atoms with van der Waals surface area (Å²) in [5.41, 5.74) is 2.79. The highest BCUT2D eigenvalue weighted by Crippen LogP contribution is 2.26. The molecule has 1 fully saturated rings. The number of carbonyl (C=O) groups excluding carboxylic acids is 1. The Morgan fingerprint density at radius 2 is 1.89 bits per heavy atom. The summed E-state index contributed by atoms with van der Waals surface area (Å²) >= 11 is 0. The fourth-order valence-electron chi connectivity index (χ4n) is 2.74. The topological polar surface area (TPSA) is 34.1 Å². The molecule has 1 aromatic carbocycles. The Morgan fingerprint density at radius 3 is 2.53 bits per heavy atom. The molecule has 2 rings (SSSR count). The molecular weight excluding hydrogens is 256 g/mol. The van der Waals surface area contributed by atoms with Gasteiger partial charge in [0.1, 0.15) is 0 Å². The molecule has 0 heterocycles. The largest absolute Gasteiger partial charge is 0.293 e. The van der Waals surface area contributed by atoms with Crippen LogP contribution in [0, 0.1) is 13.8 Å². The SMILES string of the molecule is Cc1ccc(C)c(C(=O)C(C)S(=O)C2CCCC2)c1. The second-order valence-electron chi connectivity index (χ2n) is 5.56. The molecule has 2 nitrogen and oxygen atoms in total. The van der Waals surface area contributed by atoms with Crippen LogP contribution >= 0.6 is 0 Å². The molecule has 19 heavy (non-hydrogen) atoms. The molecule has 0 bridgehead atoms. The van der Waals surface area contributed by atoms with E-state index in [-0.39, 0.29) is 16.3 Å². The van der Waals surface area contributed by atoms with Gasteiger partial charge in [0.25, 0.3) is 0 Å². The first-order valence-electron chi connectivity index (χ1n) is 7.01. The summed E-state index contributed by atoms with van der Waals surface area (Å²) in [4.78, 5) is 12.5. The third kappa shape index (κ3) is 3.14. The minimum atomic E-state index is -1.04. The van der Waals surface area contributed by atoms with Gasteiger partial charge in [-0.3, -0.25) is 9.00 Å². The number of hydrogen-bond acceptors (Lipinski definition) is 2. The van der Waals surface area contributed by atoms with E-state index < -0.39 is 10.8 Å². The van der Waals surface area contributed by atoms with Crippen LogP contribution in [0.2, 0.25) is 0 Å². The lowest BCUT2D eigenvalue weighted by atomic mass is 10.0. The average Bonchev–Trinajstić information content (AvgIpc) is 2.93. The van der Waals surface area contributed by atoms with Crippen molar-refractivity contribution < 1.29 is 9.00 Å². The van der Waals surface area contributed by atoms with E-state index in [2.05, 4.69) is 0 Å². The summed E-state index contributed by atoms with van der Waals surface area (Å²) in [6.07, 6.45) is 4.33. The molecule has 1 saturated carbocycles. The maximum absolute atomic E-state index is 12.5. The Kier molecular flexibility index (Phi) is 4.56. The molecule has 0 amide bonds. The Hall–Kier alpha value is -0.960. The maximum Gasteiger partial charge on any atom is 0.178 e. The van der Waals surface area contributed by atoms with Crippen molar-refractivity contribution in [1.29, 1.82) is 0 Å². The lowest BCUT2D eigenvalue weighted by molar-refractivity contribution is 0.0992. The van der Waals surface area contributed by atoms with E-state index in [0.29, 0.717) is 0 Å². The number of rotatable bonds is 4. The standard InChI is InChI=1S/C16H22O2S/c1-11-8-9-12(2)15(10-11)16(17)13(3)19(18)14-6-4-5-7-14/h8-10,13-14H,4-7H2,1-3H3. The molecule has 1 aliphatic carbocycles. The van der Waals surface area contributed by atoms with Gasteiger partial charge in [0.05, 0.1) is 5.25 Å². The van der Waals surface area contributed by atoms with Gasteiger partial charge in [-0.25, -0.2) is 0 Å². The van der Waals surface area contributed by atoms with E-state index in [0.717, 1.165) is 42.4 Å². The molecule has 0 aromatic heterocycles. The van der Waals surface area contributed by atoms with Crippen molar-refractivity contribution in [3.8, 4) is 0 Å². The Bertz CT molecular complexity index is 501. The lowest BCUT2D eigenvalue weighted by Gasteiger charge is -2.16. The van der Waals surface area contributed by atoms with Crippen molar-refractivity contribution in [1.82, 2.24) is 0 Å². The van der Waals surface area contributed by atoms with Crippen molar-refractivity contribution in [2.45, 2.75) is 57.0 Å².